The smallest absolute Gasteiger partial charge is 0.203 e. The van der Waals surface area contributed by atoms with Gasteiger partial charge in [-0.25, -0.2) is 5.01 Å². The van der Waals surface area contributed by atoms with Crippen LogP contribution in [0.25, 0.3) is 0 Å². The van der Waals surface area contributed by atoms with Crippen LogP contribution >= 0.6 is 0 Å². The number of nitrogens with two attached hydrogens (primary N) is 1. The highest BCUT2D eigenvalue weighted by Crippen LogP contribution is 2.39. The average Bonchev–Trinajstić information content (AvgIpc) is 2.71. The minimum absolute atomic E-state index is 0.466. The van der Waals surface area contributed by atoms with Crippen LogP contribution in [0.15, 0.2) is 24.3 Å². The van der Waals surface area contributed by atoms with Crippen molar-refractivity contribution in [1.82, 2.24) is 5.01 Å². The maximum atomic E-state index is 6.25. The predicted octanol–water partition coefficient (Wildman–Crippen LogP) is 2.61. The number of hydrazine groups is 1. The van der Waals surface area contributed by atoms with Crippen LogP contribution in [0, 0.1) is 0 Å². The van der Waals surface area contributed by atoms with Gasteiger partial charge in [-0.05, 0) is 35.4 Å². The molecule has 0 radical (unpaired) electrons. The van der Waals surface area contributed by atoms with Gasteiger partial charge in [0, 0.05) is 13.1 Å². The molecule has 2 aromatic carbocycles. The standard InChI is InChI=1S/C20H28N2O6/c1-23-15-7-13(8-16(24-2)19(15)27-5)11-22(21)12-14-9-17(25-3)20(28-6)18(10-14)26-4/h7-10H,11-12,21H2,1-6H3. The van der Waals surface area contributed by atoms with Crippen molar-refractivity contribution in [2.24, 2.45) is 5.84 Å². The lowest BCUT2D eigenvalue weighted by atomic mass is 10.1. The summed E-state index contributed by atoms with van der Waals surface area (Å²) in [5.41, 5.74) is 1.84. The molecule has 8 heteroatoms. The van der Waals surface area contributed by atoms with Crippen molar-refractivity contribution in [3.8, 4) is 34.5 Å². The fraction of sp³-hybridized carbons (Fsp3) is 0.400. The van der Waals surface area contributed by atoms with Crippen LogP contribution in [-0.4, -0.2) is 47.7 Å². The van der Waals surface area contributed by atoms with Gasteiger partial charge in [-0.3, -0.25) is 5.84 Å². The van der Waals surface area contributed by atoms with Crippen LogP contribution in [0.5, 0.6) is 34.5 Å². The molecule has 28 heavy (non-hydrogen) atoms. The maximum Gasteiger partial charge on any atom is 0.203 e. The van der Waals surface area contributed by atoms with Gasteiger partial charge in [-0.2, -0.15) is 0 Å². The van der Waals surface area contributed by atoms with E-state index in [4.69, 9.17) is 34.3 Å². The number of nitrogens with zero attached hydrogens (tertiary/aromatic N) is 1. The van der Waals surface area contributed by atoms with Crippen molar-refractivity contribution in [2.45, 2.75) is 13.1 Å². The van der Waals surface area contributed by atoms with Crippen molar-refractivity contribution in [2.75, 3.05) is 42.7 Å². The molecule has 0 aliphatic carbocycles. The SMILES string of the molecule is COc1cc(CN(N)Cc2cc(OC)c(OC)c(OC)c2)cc(OC)c1OC. The van der Waals surface area contributed by atoms with Gasteiger partial charge in [0.25, 0.3) is 0 Å². The molecule has 2 N–H and O–H groups in total. The van der Waals surface area contributed by atoms with E-state index in [1.165, 1.54) is 0 Å². The minimum atomic E-state index is 0.466. The molecule has 0 unspecified atom stereocenters. The summed E-state index contributed by atoms with van der Waals surface area (Å²) < 4.78 is 32.3. The molecular formula is C20H28N2O6. The topological polar surface area (TPSA) is 84.6 Å². The monoisotopic (exact) mass is 392 g/mol. The molecule has 0 aliphatic rings. The first-order valence-electron chi connectivity index (χ1n) is 8.58. The van der Waals surface area contributed by atoms with Crippen molar-refractivity contribution in [1.29, 1.82) is 0 Å². The molecule has 8 nitrogen and oxygen atoms in total. The molecule has 0 spiro atoms. The molecule has 0 bridgehead atoms. The molecule has 2 rings (SSSR count). The summed E-state index contributed by atoms with van der Waals surface area (Å²) in [6.07, 6.45) is 0. The van der Waals surface area contributed by atoms with Crippen molar-refractivity contribution >= 4 is 0 Å². The van der Waals surface area contributed by atoms with Gasteiger partial charge in [0.1, 0.15) is 0 Å². The third-order valence-corrected chi connectivity index (χ3v) is 4.22. The molecule has 154 valence electrons. The highest BCUT2D eigenvalue weighted by atomic mass is 16.5. The normalized spacial score (nSPS) is 10.6. The summed E-state index contributed by atoms with van der Waals surface area (Å²) in [4.78, 5) is 0. The summed E-state index contributed by atoms with van der Waals surface area (Å²) in [6, 6.07) is 7.49. The third-order valence-electron chi connectivity index (χ3n) is 4.22. The minimum Gasteiger partial charge on any atom is -0.493 e. The van der Waals surface area contributed by atoms with E-state index in [1.54, 1.807) is 47.7 Å². The summed E-state index contributed by atoms with van der Waals surface area (Å²) in [5.74, 6) is 9.67. The molecule has 0 aliphatic heterocycles. The quantitative estimate of drug-likeness (QED) is 0.488. The Morgan fingerprint density at radius 2 is 0.857 bits per heavy atom. The summed E-state index contributed by atoms with van der Waals surface area (Å²) in [7, 11) is 9.46. The second-order valence-electron chi connectivity index (χ2n) is 5.97. The Hall–Kier alpha value is -2.84. The van der Waals surface area contributed by atoms with Gasteiger partial charge in [-0.15, -0.1) is 0 Å². The molecule has 2 aromatic rings. The predicted molar refractivity (Wildman–Crippen MR) is 106 cm³/mol. The van der Waals surface area contributed by atoms with Gasteiger partial charge >= 0.3 is 0 Å². The van der Waals surface area contributed by atoms with Gasteiger partial charge in [-0.1, -0.05) is 0 Å². The van der Waals surface area contributed by atoms with Gasteiger partial charge in [0.15, 0.2) is 23.0 Å². The number of rotatable bonds is 10. The Morgan fingerprint density at radius 1 is 0.571 bits per heavy atom. The lowest BCUT2D eigenvalue weighted by molar-refractivity contribution is 0.261. The Balaban J connectivity index is 2.23. The van der Waals surface area contributed by atoms with E-state index in [0.717, 1.165) is 11.1 Å². The first-order chi connectivity index (χ1) is 13.5. The summed E-state index contributed by atoms with van der Waals surface area (Å²) >= 11 is 0. The molecule has 0 aromatic heterocycles. The first-order valence-corrected chi connectivity index (χ1v) is 8.58. The van der Waals surface area contributed by atoms with E-state index >= 15 is 0 Å². The second kappa shape index (κ2) is 9.91. The Morgan fingerprint density at radius 3 is 1.07 bits per heavy atom. The van der Waals surface area contributed by atoms with Crippen LogP contribution in [-0.2, 0) is 13.1 Å². The molecule has 0 saturated carbocycles. The molecule has 0 atom stereocenters. The number of ether oxygens (including phenoxy) is 6. The Bertz CT molecular complexity index is 681. The van der Waals surface area contributed by atoms with Crippen molar-refractivity contribution < 1.29 is 28.4 Å². The second-order valence-corrected chi connectivity index (χ2v) is 5.97. The average molecular weight is 392 g/mol. The maximum absolute atomic E-state index is 6.25. The third kappa shape index (κ3) is 4.71. The highest BCUT2D eigenvalue weighted by Gasteiger charge is 2.16. The zero-order valence-corrected chi connectivity index (χ0v) is 17.2. The lowest BCUT2D eigenvalue weighted by Gasteiger charge is -2.20. The van der Waals surface area contributed by atoms with Crippen LogP contribution in [0.3, 0.4) is 0 Å². The van der Waals surface area contributed by atoms with E-state index in [9.17, 15) is 0 Å². The van der Waals surface area contributed by atoms with Crippen LogP contribution < -0.4 is 34.3 Å². The van der Waals surface area contributed by atoms with Crippen LogP contribution in [0.2, 0.25) is 0 Å². The zero-order valence-electron chi connectivity index (χ0n) is 17.2. The van der Waals surface area contributed by atoms with E-state index in [2.05, 4.69) is 0 Å². The number of hydrogen-bond acceptors (Lipinski definition) is 8. The summed E-state index contributed by atoms with van der Waals surface area (Å²) in [6.45, 7) is 0.931. The van der Waals surface area contributed by atoms with Gasteiger partial charge in [0.2, 0.25) is 11.5 Å². The van der Waals surface area contributed by atoms with E-state index in [0.29, 0.717) is 47.6 Å². The number of methoxy groups -OCH3 is 6. The zero-order chi connectivity index (χ0) is 20.7. The number of benzene rings is 2. The Kier molecular flexibility index (Phi) is 7.60. The number of hydrogen-bond donors (Lipinski definition) is 1. The van der Waals surface area contributed by atoms with E-state index < -0.39 is 0 Å². The van der Waals surface area contributed by atoms with E-state index in [-0.39, 0.29) is 0 Å². The van der Waals surface area contributed by atoms with Gasteiger partial charge < -0.3 is 28.4 Å². The van der Waals surface area contributed by atoms with Crippen molar-refractivity contribution in [3.63, 3.8) is 0 Å². The molecule has 0 heterocycles. The van der Waals surface area contributed by atoms with Gasteiger partial charge in [0.05, 0.1) is 42.7 Å². The molecular weight excluding hydrogens is 364 g/mol. The van der Waals surface area contributed by atoms with Crippen LogP contribution in [0.4, 0.5) is 0 Å². The highest BCUT2D eigenvalue weighted by molar-refractivity contribution is 5.54. The lowest BCUT2D eigenvalue weighted by Crippen LogP contribution is -2.29. The molecule has 0 amide bonds. The van der Waals surface area contributed by atoms with E-state index in [1.807, 2.05) is 24.3 Å². The fourth-order valence-electron chi connectivity index (χ4n) is 2.98. The van der Waals surface area contributed by atoms with Crippen LogP contribution in [0.1, 0.15) is 11.1 Å². The fourth-order valence-corrected chi connectivity index (χ4v) is 2.98. The molecule has 0 saturated heterocycles. The Labute approximate surface area is 165 Å². The first kappa shape index (κ1) is 21.5. The van der Waals surface area contributed by atoms with Crippen molar-refractivity contribution in [3.05, 3.63) is 35.4 Å². The largest absolute Gasteiger partial charge is 0.493 e. The summed E-state index contributed by atoms with van der Waals surface area (Å²) in [5, 5.41) is 1.67. The molecule has 0 fully saturated rings.